The third-order valence-corrected chi connectivity index (χ3v) is 6.86. The molecule has 2 aliphatic heterocycles. The van der Waals surface area contributed by atoms with Crippen molar-refractivity contribution < 1.29 is 17.9 Å². The van der Waals surface area contributed by atoms with E-state index in [0.29, 0.717) is 38.5 Å². The van der Waals surface area contributed by atoms with Crippen LogP contribution in [0, 0.1) is 5.92 Å². The van der Waals surface area contributed by atoms with Gasteiger partial charge in [-0.05, 0) is 50.0 Å². The summed E-state index contributed by atoms with van der Waals surface area (Å²) in [5, 5.41) is 2.83. The number of anilines is 1. The van der Waals surface area contributed by atoms with Crippen molar-refractivity contribution >= 4 is 21.6 Å². The van der Waals surface area contributed by atoms with E-state index in [2.05, 4.69) is 17.1 Å². The first-order valence-electron chi connectivity index (χ1n) is 9.15. The second-order valence-electron chi connectivity index (χ2n) is 7.05. The number of rotatable bonds is 5. The van der Waals surface area contributed by atoms with Crippen LogP contribution in [-0.2, 0) is 19.6 Å². The van der Waals surface area contributed by atoms with Gasteiger partial charge in [-0.1, -0.05) is 13.0 Å². The Bertz CT molecular complexity index is 724. The van der Waals surface area contributed by atoms with Gasteiger partial charge in [0.05, 0.1) is 24.7 Å². The van der Waals surface area contributed by atoms with E-state index in [1.807, 2.05) is 0 Å². The van der Waals surface area contributed by atoms with E-state index in [9.17, 15) is 13.2 Å². The number of ether oxygens (including phenoxy) is 1. The van der Waals surface area contributed by atoms with Gasteiger partial charge in [0.15, 0.2) is 0 Å². The van der Waals surface area contributed by atoms with Crippen molar-refractivity contribution in [1.82, 2.24) is 9.21 Å². The molecule has 2 fully saturated rings. The van der Waals surface area contributed by atoms with Gasteiger partial charge in [-0.15, -0.1) is 0 Å². The van der Waals surface area contributed by atoms with Crippen LogP contribution >= 0.6 is 0 Å². The molecule has 7 nitrogen and oxygen atoms in total. The van der Waals surface area contributed by atoms with Crippen molar-refractivity contribution in [3.05, 3.63) is 24.3 Å². The van der Waals surface area contributed by atoms with E-state index in [4.69, 9.17) is 4.74 Å². The number of hydrogen-bond donors (Lipinski definition) is 1. The second kappa shape index (κ2) is 8.47. The minimum atomic E-state index is -3.56. The van der Waals surface area contributed by atoms with E-state index < -0.39 is 10.0 Å². The van der Waals surface area contributed by atoms with Gasteiger partial charge < -0.3 is 10.1 Å². The highest BCUT2D eigenvalue weighted by atomic mass is 32.2. The van der Waals surface area contributed by atoms with Crippen LogP contribution in [0.25, 0.3) is 0 Å². The van der Waals surface area contributed by atoms with Crippen molar-refractivity contribution in [2.75, 3.05) is 51.3 Å². The Kier molecular flexibility index (Phi) is 6.29. The van der Waals surface area contributed by atoms with Gasteiger partial charge in [-0.25, -0.2) is 8.42 Å². The van der Waals surface area contributed by atoms with Crippen LogP contribution in [0.2, 0.25) is 0 Å². The molecule has 0 atom stereocenters. The van der Waals surface area contributed by atoms with Crippen LogP contribution in [0.1, 0.15) is 19.8 Å². The number of hydrogen-bond acceptors (Lipinski definition) is 5. The van der Waals surface area contributed by atoms with Crippen LogP contribution in [0.15, 0.2) is 29.2 Å². The van der Waals surface area contributed by atoms with Crippen molar-refractivity contribution in [2.45, 2.75) is 24.7 Å². The van der Waals surface area contributed by atoms with Gasteiger partial charge in [0.1, 0.15) is 0 Å². The molecule has 144 valence electrons. The maximum atomic E-state index is 12.7. The summed E-state index contributed by atoms with van der Waals surface area (Å²) in [6.07, 6.45) is 2.22. The smallest absolute Gasteiger partial charge is 0.243 e. The van der Waals surface area contributed by atoms with Crippen molar-refractivity contribution in [3.8, 4) is 0 Å². The molecule has 3 rings (SSSR count). The quantitative estimate of drug-likeness (QED) is 0.834. The second-order valence-corrected chi connectivity index (χ2v) is 8.99. The number of carbonyl (C=O) groups is 1. The number of benzene rings is 1. The summed E-state index contributed by atoms with van der Waals surface area (Å²) in [6.45, 7) is 5.96. The lowest BCUT2D eigenvalue weighted by molar-refractivity contribution is -0.117. The molecule has 1 aromatic carbocycles. The maximum Gasteiger partial charge on any atom is 0.243 e. The molecule has 2 saturated heterocycles. The molecule has 1 N–H and O–H groups in total. The molecule has 0 unspecified atom stereocenters. The molecule has 0 spiro atoms. The largest absolute Gasteiger partial charge is 0.379 e. The Morgan fingerprint density at radius 2 is 1.88 bits per heavy atom. The van der Waals surface area contributed by atoms with E-state index >= 15 is 0 Å². The maximum absolute atomic E-state index is 12.7. The van der Waals surface area contributed by atoms with Gasteiger partial charge in [-0.2, -0.15) is 4.31 Å². The predicted octanol–water partition coefficient (Wildman–Crippen LogP) is 1.38. The highest BCUT2D eigenvalue weighted by Gasteiger charge is 2.26. The molecular weight excluding hydrogens is 354 g/mol. The molecule has 0 saturated carbocycles. The third-order valence-electron chi connectivity index (χ3n) is 4.97. The standard InChI is InChI=1S/C18H27N3O4S/c1-15-5-7-20(8-6-15)14-18(22)19-16-3-2-4-17(13-16)26(23,24)21-9-11-25-12-10-21/h2-4,13,15H,5-12,14H2,1H3,(H,19,22). The highest BCUT2D eigenvalue weighted by molar-refractivity contribution is 7.89. The van der Waals surface area contributed by atoms with Crippen LogP contribution in [0.4, 0.5) is 5.69 Å². The number of carbonyl (C=O) groups excluding carboxylic acids is 1. The fraction of sp³-hybridized carbons (Fsp3) is 0.611. The Hall–Kier alpha value is -1.48. The third kappa shape index (κ3) is 4.82. The van der Waals surface area contributed by atoms with Crippen molar-refractivity contribution in [1.29, 1.82) is 0 Å². The predicted molar refractivity (Wildman–Crippen MR) is 99.5 cm³/mol. The monoisotopic (exact) mass is 381 g/mol. The molecular formula is C18H27N3O4S. The SMILES string of the molecule is CC1CCN(CC(=O)Nc2cccc(S(=O)(=O)N3CCOCC3)c2)CC1. The first kappa shape index (κ1) is 19.3. The average molecular weight is 381 g/mol. The molecule has 26 heavy (non-hydrogen) atoms. The van der Waals surface area contributed by atoms with E-state index in [1.54, 1.807) is 18.2 Å². The minimum absolute atomic E-state index is 0.111. The van der Waals surface area contributed by atoms with Crippen LogP contribution in [0.5, 0.6) is 0 Å². The summed E-state index contributed by atoms with van der Waals surface area (Å²) >= 11 is 0. The van der Waals surface area contributed by atoms with E-state index in [-0.39, 0.29) is 10.8 Å². The minimum Gasteiger partial charge on any atom is -0.379 e. The molecule has 2 heterocycles. The average Bonchev–Trinajstić information content (AvgIpc) is 2.64. The summed E-state index contributed by atoms with van der Waals surface area (Å²) in [6, 6.07) is 6.47. The van der Waals surface area contributed by atoms with E-state index in [0.717, 1.165) is 31.8 Å². The van der Waals surface area contributed by atoms with Gasteiger partial charge in [-0.3, -0.25) is 9.69 Å². The molecule has 1 amide bonds. The number of morpholine rings is 1. The number of nitrogens with zero attached hydrogens (tertiary/aromatic N) is 2. The molecule has 8 heteroatoms. The molecule has 0 bridgehead atoms. The number of nitrogens with one attached hydrogen (secondary N) is 1. The van der Waals surface area contributed by atoms with Gasteiger partial charge in [0.2, 0.25) is 15.9 Å². The lowest BCUT2D eigenvalue weighted by Gasteiger charge is -2.29. The van der Waals surface area contributed by atoms with Crippen LogP contribution < -0.4 is 5.32 Å². The fourth-order valence-corrected chi connectivity index (χ4v) is 4.75. The number of sulfonamides is 1. The van der Waals surface area contributed by atoms with Crippen molar-refractivity contribution in [3.63, 3.8) is 0 Å². The molecule has 0 aliphatic carbocycles. The lowest BCUT2D eigenvalue weighted by Crippen LogP contribution is -2.40. The number of piperidine rings is 1. The Labute approximate surface area is 155 Å². The zero-order valence-electron chi connectivity index (χ0n) is 15.2. The molecule has 0 radical (unpaired) electrons. The zero-order valence-corrected chi connectivity index (χ0v) is 16.0. The van der Waals surface area contributed by atoms with Crippen LogP contribution in [0.3, 0.4) is 0 Å². The first-order valence-corrected chi connectivity index (χ1v) is 10.6. The first-order chi connectivity index (χ1) is 12.4. The Morgan fingerprint density at radius 3 is 2.58 bits per heavy atom. The Morgan fingerprint density at radius 1 is 1.19 bits per heavy atom. The van der Waals surface area contributed by atoms with Gasteiger partial charge in [0, 0.05) is 18.8 Å². The number of likely N-dealkylation sites (tertiary alicyclic amines) is 1. The fourth-order valence-electron chi connectivity index (χ4n) is 3.29. The number of amides is 1. The summed E-state index contributed by atoms with van der Waals surface area (Å²) in [5.41, 5.74) is 0.509. The van der Waals surface area contributed by atoms with Gasteiger partial charge >= 0.3 is 0 Å². The lowest BCUT2D eigenvalue weighted by atomic mass is 9.99. The van der Waals surface area contributed by atoms with Crippen LogP contribution in [-0.4, -0.2) is 69.5 Å². The Balaban J connectivity index is 1.62. The summed E-state index contributed by atoms with van der Waals surface area (Å²) < 4.78 is 32.1. The summed E-state index contributed by atoms with van der Waals surface area (Å²) in [7, 11) is -3.56. The molecule has 1 aromatic rings. The summed E-state index contributed by atoms with van der Waals surface area (Å²) in [5.74, 6) is 0.608. The van der Waals surface area contributed by atoms with Crippen molar-refractivity contribution in [2.24, 2.45) is 5.92 Å². The summed E-state index contributed by atoms with van der Waals surface area (Å²) in [4.78, 5) is 14.6. The normalized spacial score (nSPS) is 20.8. The molecule has 2 aliphatic rings. The highest BCUT2D eigenvalue weighted by Crippen LogP contribution is 2.21. The van der Waals surface area contributed by atoms with Gasteiger partial charge in [0.25, 0.3) is 0 Å². The topological polar surface area (TPSA) is 79.0 Å². The zero-order chi connectivity index (χ0) is 18.6. The molecule has 0 aromatic heterocycles. The van der Waals surface area contributed by atoms with E-state index in [1.165, 1.54) is 10.4 Å².